The van der Waals surface area contributed by atoms with E-state index in [0.29, 0.717) is 0 Å². The lowest BCUT2D eigenvalue weighted by atomic mass is 10.2. The van der Waals surface area contributed by atoms with Crippen molar-refractivity contribution in [3.8, 4) is 6.07 Å². The van der Waals surface area contributed by atoms with Gasteiger partial charge in [0.25, 0.3) is 0 Å². The molecule has 14 heavy (non-hydrogen) atoms. The maximum atomic E-state index is 8.72. The van der Waals surface area contributed by atoms with E-state index in [-0.39, 0.29) is 6.04 Å². The van der Waals surface area contributed by atoms with Crippen molar-refractivity contribution in [3.63, 3.8) is 0 Å². The number of hydrogen-bond donors (Lipinski definition) is 1. The summed E-state index contributed by atoms with van der Waals surface area (Å²) >= 11 is 0. The zero-order valence-electron chi connectivity index (χ0n) is 9.75. The molecule has 0 spiro atoms. The van der Waals surface area contributed by atoms with Crippen molar-refractivity contribution in [2.45, 2.75) is 12.5 Å². The molecule has 0 saturated carbocycles. The van der Waals surface area contributed by atoms with E-state index in [1.807, 2.05) is 7.05 Å². The van der Waals surface area contributed by atoms with E-state index in [2.05, 4.69) is 42.3 Å². The summed E-state index contributed by atoms with van der Waals surface area (Å²) < 4.78 is 0. The van der Waals surface area contributed by atoms with E-state index in [1.165, 1.54) is 0 Å². The fourth-order valence-electron chi connectivity index (χ4n) is 1.11. The summed E-state index contributed by atoms with van der Waals surface area (Å²) in [5, 5.41) is 11.7. The Bertz CT molecular complexity index is 173. The third-order valence-corrected chi connectivity index (χ3v) is 2.23. The Morgan fingerprint density at radius 1 is 1.21 bits per heavy atom. The Kier molecular flexibility index (Phi) is 7.40. The molecular formula is C10H22N4. The van der Waals surface area contributed by atoms with Crippen LogP contribution in [0.1, 0.15) is 6.42 Å². The first-order valence-electron chi connectivity index (χ1n) is 5.00. The largest absolute Gasteiger partial charge is 0.308 e. The Morgan fingerprint density at radius 2 is 1.86 bits per heavy atom. The Hall–Kier alpha value is -0.630. The molecule has 0 fully saturated rings. The molecule has 1 atom stereocenters. The smallest absolute Gasteiger partial charge is 0.0962 e. The molecular weight excluding hydrogens is 176 g/mol. The second-order valence-corrected chi connectivity index (χ2v) is 3.87. The molecule has 0 rings (SSSR count). The first kappa shape index (κ1) is 13.4. The average molecular weight is 198 g/mol. The number of nitrogens with zero attached hydrogens (tertiary/aromatic N) is 3. The van der Waals surface area contributed by atoms with Gasteiger partial charge in [0.05, 0.1) is 12.1 Å². The lowest BCUT2D eigenvalue weighted by Crippen LogP contribution is -2.33. The van der Waals surface area contributed by atoms with Gasteiger partial charge < -0.3 is 15.1 Å². The molecule has 1 N–H and O–H groups in total. The van der Waals surface area contributed by atoms with Crippen LogP contribution in [0.3, 0.4) is 0 Å². The van der Waals surface area contributed by atoms with Crippen LogP contribution in [-0.2, 0) is 0 Å². The predicted octanol–water partition coefficient (Wildman–Crippen LogP) is -0.0185. The van der Waals surface area contributed by atoms with Crippen LogP contribution >= 0.6 is 0 Å². The average Bonchev–Trinajstić information content (AvgIpc) is 2.16. The lowest BCUT2D eigenvalue weighted by Gasteiger charge is -2.20. The van der Waals surface area contributed by atoms with Crippen LogP contribution in [0.2, 0.25) is 0 Å². The SMILES string of the molecule is CNC(C#N)CCN(C)CCN(C)C. The van der Waals surface area contributed by atoms with Crippen molar-refractivity contribution in [1.82, 2.24) is 15.1 Å². The second-order valence-electron chi connectivity index (χ2n) is 3.87. The summed E-state index contributed by atoms with van der Waals surface area (Å²) in [5.74, 6) is 0. The highest BCUT2D eigenvalue weighted by molar-refractivity contribution is 4.88. The van der Waals surface area contributed by atoms with Crippen molar-refractivity contribution in [1.29, 1.82) is 5.26 Å². The molecule has 0 aromatic carbocycles. The van der Waals surface area contributed by atoms with E-state index in [0.717, 1.165) is 26.1 Å². The van der Waals surface area contributed by atoms with Gasteiger partial charge in [-0.1, -0.05) is 0 Å². The molecule has 0 radical (unpaired) electrons. The number of rotatable bonds is 7. The lowest BCUT2D eigenvalue weighted by molar-refractivity contribution is 0.275. The van der Waals surface area contributed by atoms with Gasteiger partial charge >= 0.3 is 0 Å². The highest BCUT2D eigenvalue weighted by atomic mass is 15.1. The molecule has 0 amide bonds. The number of nitrogens with one attached hydrogen (secondary N) is 1. The standard InChI is InChI=1S/C10H22N4/c1-12-10(9-11)5-6-14(4)8-7-13(2)3/h10,12H,5-8H2,1-4H3. The number of nitriles is 1. The normalized spacial score (nSPS) is 13.2. The van der Waals surface area contributed by atoms with E-state index in [4.69, 9.17) is 5.26 Å². The summed E-state index contributed by atoms with van der Waals surface area (Å²) in [4.78, 5) is 4.41. The minimum atomic E-state index is -0.0168. The molecule has 0 saturated heterocycles. The Morgan fingerprint density at radius 3 is 2.29 bits per heavy atom. The maximum Gasteiger partial charge on any atom is 0.0962 e. The first-order valence-corrected chi connectivity index (χ1v) is 5.00. The summed E-state index contributed by atoms with van der Waals surface area (Å²) in [7, 11) is 8.06. The number of hydrogen-bond acceptors (Lipinski definition) is 4. The second kappa shape index (κ2) is 7.74. The summed E-state index contributed by atoms with van der Waals surface area (Å²) in [6.45, 7) is 3.08. The van der Waals surface area contributed by atoms with Gasteiger partial charge in [0.1, 0.15) is 0 Å². The maximum absolute atomic E-state index is 8.72. The summed E-state index contributed by atoms with van der Waals surface area (Å²) in [5.41, 5.74) is 0. The Balaban J connectivity index is 3.53. The van der Waals surface area contributed by atoms with Gasteiger partial charge in [-0.25, -0.2) is 0 Å². The highest BCUT2D eigenvalue weighted by Crippen LogP contribution is 1.93. The fraction of sp³-hybridized carbons (Fsp3) is 0.900. The van der Waals surface area contributed by atoms with Crippen molar-refractivity contribution in [2.24, 2.45) is 0 Å². The zero-order chi connectivity index (χ0) is 11.0. The molecule has 1 unspecified atom stereocenters. The molecule has 82 valence electrons. The molecule has 0 aromatic rings. The molecule has 4 nitrogen and oxygen atoms in total. The first-order chi connectivity index (χ1) is 6.60. The van der Waals surface area contributed by atoms with E-state index >= 15 is 0 Å². The van der Waals surface area contributed by atoms with Crippen molar-refractivity contribution in [2.75, 3.05) is 47.8 Å². The van der Waals surface area contributed by atoms with Gasteiger partial charge in [-0.15, -0.1) is 0 Å². The van der Waals surface area contributed by atoms with Gasteiger partial charge in [0.15, 0.2) is 0 Å². The summed E-state index contributed by atoms with van der Waals surface area (Å²) in [6.07, 6.45) is 0.886. The van der Waals surface area contributed by atoms with Crippen LogP contribution < -0.4 is 5.32 Å². The van der Waals surface area contributed by atoms with E-state index < -0.39 is 0 Å². The van der Waals surface area contributed by atoms with Crippen LogP contribution in [0.5, 0.6) is 0 Å². The van der Waals surface area contributed by atoms with Crippen molar-refractivity contribution < 1.29 is 0 Å². The number of likely N-dealkylation sites (N-methyl/N-ethyl adjacent to an activating group) is 2. The molecule has 0 bridgehead atoms. The molecule has 0 aliphatic heterocycles. The molecule has 0 aliphatic carbocycles. The molecule has 0 aromatic heterocycles. The van der Waals surface area contributed by atoms with Crippen LogP contribution in [0, 0.1) is 11.3 Å². The van der Waals surface area contributed by atoms with E-state index in [9.17, 15) is 0 Å². The van der Waals surface area contributed by atoms with Crippen LogP contribution in [0.4, 0.5) is 0 Å². The van der Waals surface area contributed by atoms with Gasteiger partial charge in [-0.2, -0.15) is 5.26 Å². The zero-order valence-corrected chi connectivity index (χ0v) is 9.75. The topological polar surface area (TPSA) is 42.3 Å². The summed E-state index contributed by atoms with van der Waals surface area (Å²) in [6, 6.07) is 2.21. The quantitative estimate of drug-likeness (QED) is 0.624. The molecule has 4 heteroatoms. The Labute approximate surface area is 87.5 Å². The van der Waals surface area contributed by atoms with Crippen LogP contribution in [0.15, 0.2) is 0 Å². The van der Waals surface area contributed by atoms with E-state index in [1.54, 1.807) is 0 Å². The van der Waals surface area contributed by atoms with Crippen molar-refractivity contribution >= 4 is 0 Å². The van der Waals surface area contributed by atoms with Gasteiger partial charge in [-0.05, 0) is 34.6 Å². The predicted molar refractivity (Wildman–Crippen MR) is 59.1 cm³/mol. The third-order valence-electron chi connectivity index (χ3n) is 2.23. The highest BCUT2D eigenvalue weighted by Gasteiger charge is 2.05. The van der Waals surface area contributed by atoms with Crippen LogP contribution in [0.25, 0.3) is 0 Å². The monoisotopic (exact) mass is 198 g/mol. The minimum absolute atomic E-state index is 0.0168. The third kappa shape index (κ3) is 6.84. The van der Waals surface area contributed by atoms with Gasteiger partial charge in [0.2, 0.25) is 0 Å². The molecule has 0 aliphatic rings. The van der Waals surface area contributed by atoms with Gasteiger partial charge in [0, 0.05) is 19.6 Å². The minimum Gasteiger partial charge on any atom is -0.308 e. The van der Waals surface area contributed by atoms with Crippen molar-refractivity contribution in [3.05, 3.63) is 0 Å². The van der Waals surface area contributed by atoms with Gasteiger partial charge in [-0.3, -0.25) is 0 Å². The van der Waals surface area contributed by atoms with Crippen LogP contribution in [-0.4, -0.2) is 63.7 Å². The molecule has 0 heterocycles. The fourth-order valence-corrected chi connectivity index (χ4v) is 1.11.